The first-order valence-corrected chi connectivity index (χ1v) is 12.5. The van der Waals surface area contributed by atoms with Crippen molar-refractivity contribution in [3.63, 3.8) is 0 Å². The average Bonchev–Trinajstić information content (AvgIpc) is 3.55. The number of hydrogen-bond acceptors (Lipinski definition) is 4. The van der Waals surface area contributed by atoms with Gasteiger partial charge in [0.1, 0.15) is 6.04 Å². The molecule has 2 atom stereocenters. The van der Waals surface area contributed by atoms with Crippen LogP contribution in [-0.4, -0.2) is 66.3 Å². The molecule has 32 heavy (non-hydrogen) atoms. The number of rotatable bonds is 9. The monoisotopic (exact) mass is 442 g/mol. The Balaban J connectivity index is 1.34. The second-order valence-electron chi connectivity index (χ2n) is 9.35. The summed E-state index contributed by atoms with van der Waals surface area (Å²) in [5, 5.41) is 0. The Hall–Kier alpha value is -1.92. The Labute approximate surface area is 192 Å². The van der Waals surface area contributed by atoms with Gasteiger partial charge in [0, 0.05) is 32.7 Å². The second kappa shape index (κ2) is 10.8. The maximum atomic E-state index is 13.5. The van der Waals surface area contributed by atoms with Crippen molar-refractivity contribution in [3.8, 4) is 0 Å². The van der Waals surface area contributed by atoms with E-state index in [1.165, 1.54) is 11.1 Å². The minimum Gasteiger partial charge on any atom is -0.351 e. The molecule has 6 nitrogen and oxygen atoms in total. The summed E-state index contributed by atoms with van der Waals surface area (Å²) in [4.78, 5) is 30.4. The number of carbonyl (C=O) groups excluding carboxylic acids is 2. The molecule has 1 aromatic carbocycles. The zero-order valence-corrected chi connectivity index (χ0v) is 19.6. The largest absolute Gasteiger partial charge is 0.351 e. The van der Waals surface area contributed by atoms with Crippen LogP contribution in [0.5, 0.6) is 0 Å². The van der Waals surface area contributed by atoms with Gasteiger partial charge in [-0.3, -0.25) is 9.59 Å². The van der Waals surface area contributed by atoms with Gasteiger partial charge in [0.25, 0.3) is 0 Å². The molecule has 3 aliphatic rings. The van der Waals surface area contributed by atoms with Crippen LogP contribution in [0.3, 0.4) is 0 Å². The summed E-state index contributed by atoms with van der Waals surface area (Å²) in [5.41, 5.74) is 2.86. The lowest BCUT2D eigenvalue weighted by atomic mass is 9.99. The number of nitrogens with zero attached hydrogens (tertiary/aromatic N) is 2. The van der Waals surface area contributed by atoms with Crippen molar-refractivity contribution in [2.75, 3.05) is 26.3 Å². The number of benzene rings is 1. The minimum absolute atomic E-state index is 0.0584. The molecule has 0 spiro atoms. The van der Waals surface area contributed by atoms with Crippen molar-refractivity contribution in [2.45, 2.75) is 83.6 Å². The molecular formula is C26H38N2O4. The second-order valence-corrected chi connectivity index (χ2v) is 9.35. The summed E-state index contributed by atoms with van der Waals surface area (Å²) < 4.78 is 11.6. The highest BCUT2D eigenvalue weighted by Crippen LogP contribution is 2.31. The van der Waals surface area contributed by atoms with E-state index < -0.39 is 0 Å². The SMILES string of the molecule is CCOC(OCC)[C@@H]1CCCN1C(=O)[C@@H]1CCCN1C(=O)CCC1Cc2ccccc2C1. The van der Waals surface area contributed by atoms with E-state index in [-0.39, 0.29) is 30.2 Å². The fourth-order valence-corrected chi connectivity index (χ4v) is 5.79. The highest BCUT2D eigenvalue weighted by atomic mass is 16.7. The maximum absolute atomic E-state index is 13.5. The summed E-state index contributed by atoms with van der Waals surface area (Å²) in [6.45, 7) is 6.43. The van der Waals surface area contributed by atoms with Gasteiger partial charge < -0.3 is 19.3 Å². The van der Waals surface area contributed by atoms with Gasteiger partial charge >= 0.3 is 0 Å². The molecule has 1 aliphatic carbocycles. The fourth-order valence-electron chi connectivity index (χ4n) is 5.79. The van der Waals surface area contributed by atoms with E-state index in [1.54, 1.807) is 0 Å². The Morgan fingerprint density at radius 1 is 0.969 bits per heavy atom. The van der Waals surface area contributed by atoms with Crippen LogP contribution >= 0.6 is 0 Å². The molecule has 0 saturated carbocycles. The molecule has 0 bridgehead atoms. The van der Waals surface area contributed by atoms with E-state index in [9.17, 15) is 9.59 Å². The molecule has 0 aromatic heterocycles. The quantitative estimate of drug-likeness (QED) is 0.549. The van der Waals surface area contributed by atoms with Crippen molar-refractivity contribution >= 4 is 11.8 Å². The number of likely N-dealkylation sites (tertiary alicyclic amines) is 2. The molecule has 0 radical (unpaired) electrons. The standard InChI is InChI=1S/C26H38N2O4/c1-3-31-26(32-4-2)23-12-8-16-28(23)25(30)22-11-7-15-27(22)24(29)14-13-19-17-20-9-5-6-10-21(20)18-19/h5-6,9-10,19,22-23,26H,3-4,7-8,11-18H2,1-2H3/t22-,23-/m0/s1. The lowest BCUT2D eigenvalue weighted by Crippen LogP contribution is -2.52. The van der Waals surface area contributed by atoms with Crippen LogP contribution in [0, 0.1) is 5.92 Å². The number of amides is 2. The summed E-state index contributed by atoms with van der Waals surface area (Å²) in [6.07, 6.45) is 6.68. The molecule has 1 aromatic rings. The number of hydrogen-bond donors (Lipinski definition) is 0. The molecule has 0 N–H and O–H groups in total. The van der Waals surface area contributed by atoms with Crippen molar-refractivity contribution in [1.29, 1.82) is 0 Å². The van der Waals surface area contributed by atoms with Crippen LogP contribution in [-0.2, 0) is 31.9 Å². The first-order valence-electron chi connectivity index (χ1n) is 12.5. The van der Waals surface area contributed by atoms with E-state index >= 15 is 0 Å². The predicted octanol–water partition coefficient (Wildman–Crippen LogP) is 3.56. The third-order valence-electron chi connectivity index (χ3n) is 7.32. The minimum atomic E-state index is -0.383. The number of ether oxygens (including phenoxy) is 2. The third kappa shape index (κ3) is 5.01. The van der Waals surface area contributed by atoms with Crippen LogP contribution in [0.1, 0.15) is 63.5 Å². The van der Waals surface area contributed by atoms with Crippen molar-refractivity contribution in [2.24, 2.45) is 5.92 Å². The molecule has 2 heterocycles. The van der Waals surface area contributed by atoms with Gasteiger partial charge in [-0.25, -0.2) is 0 Å². The van der Waals surface area contributed by atoms with Crippen molar-refractivity contribution in [3.05, 3.63) is 35.4 Å². The number of carbonyl (C=O) groups is 2. The lowest BCUT2D eigenvalue weighted by Gasteiger charge is -2.34. The highest BCUT2D eigenvalue weighted by Gasteiger charge is 2.42. The summed E-state index contributed by atoms with van der Waals surface area (Å²) in [6, 6.07) is 8.22. The predicted molar refractivity (Wildman–Crippen MR) is 123 cm³/mol. The van der Waals surface area contributed by atoms with Crippen LogP contribution in [0.15, 0.2) is 24.3 Å². The van der Waals surface area contributed by atoms with Gasteiger partial charge in [-0.1, -0.05) is 24.3 Å². The number of fused-ring (bicyclic) bond motifs is 1. The molecule has 2 aliphatic heterocycles. The summed E-state index contributed by atoms with van der Waals surface area (Å²) in [5.74, 6) is 0.754. The molecule has 4 rings (SSSR count). The van der Waals surface area contributed by atoms with E-state index in [0.717, 1.165) is 51.5 Å². The lowest BCUT2D eigenvalue weighted by molar-refractivity contribution is -0.177. The van der Waals surface area contributed by atoms with Crippen LogP contribution in [0.25, 0.3) is 0 Å². The molecule has 2 fully saturated rings. The van der Waals surface area contributed by atoms with E-state index in [2.05, 4.69) is 24.3 Å². The Bertz CT molecular complexity index is 767. The topological polar surface area (TPSA) is 59.1 Å². The van der Waals surface area contributed by atoms with Crippen molar-refractivity contribution in [1.82, 2.24) is 9.80 Å². The normalized spacial score (nSPS) is 23.3. The van der Waals surface area contributed by atoms with Gasteiger partial charge in [0.15, 0.2) is 6.29 Å². The highest BCUT2D eigenvalue weighted by molar-refractivity contribution is 5.88. The first-order chi connectivity index (χ1) is 15.6. The smallest absolute Gasteiger partial charge is 0.245 e. The molecule has 0 unspecified atom stereocenters. The average molecular weight is 443 g/mol. The maximum Gasteiger partial charge on any atom is 0.245 e. The zero-order valence-electron chi connectivity index (χ0n) is 19.6. The summed E-state index contributed by atoms with van der Waals surface area (Å²) >= 11 is 0. The van der Waals surface area contributed by atoms with Crippen LogP contribution in [0.2, 0.25) is 0 Å². The van der Waals surface area contributed by atoms with Gasteiger partial charge in [-0.05, 0) is 75.8 Å². The molecule has 2 saturated heterocycles. The Morgan fingerprint density at radius 2 is 1.59 bits per heavy atom. The molecular weight excluding hydrogens is 404 g/mol. The Kier molecular flexibility index (Phi) is 7.84. The molecule has 2 amide bonds. The van der Waals surface area contributed by atoms with E-state index in [1.807, 2.05) is 23.6 Å². The van der Waals surface area contributed by atoms with Crippen molar-refractivity contribution < 1.29 is 19.1 Å². The first kappa shape index (κ1) is 23.2. The Morgan fingerprint density at radius 3 is 2.25 bits per heavy atom. The van der Waals surface area contributed by atoms with E-state index in [4.69, 9.17) is 9.47 Å². The van der Waals surface area contributed by atoms with E-state index in [0.29, 0.717) is 32.1 Å². The zero-order chi connectivity index (χ0) is 22.5. The van der Waals surface area contributed by atoms with Gasteiger partial charge in [0.05, 0.1) is 6.04 Å². The molecule has 6 heteroatoms. The van der Waals surface area contributed by atoms with Crippen LogP contribution < -0.4 is 0 Å². The molecule has 176 valence electrons. The van der Waals surface area contributed by atoms with Gasteiger partial charge in [-0.2, -0.15) is 0 Å². The van der Waals surface area contributed by atoms with Gasteiger partial charge in [0.2, 0.25) is 11.8 Å². The third-order valence-corrected chi connectivity index (χ3v) is 7.32. The fraction of sp³-hybridized carbons (Fsp3) is 0.692. The summed E-state index contributed by atoms with van der Waals surface area (Å²) in [7, 11) is 0. The van der Waals surface area contributed by atoms with Gasteiger partial charge in [-0.15, -0.1) is 0 Å². The van der Waals surface area contributed by atoms with Crippen LogP contribution in [0.4, 0.5) is 0 Å².